The number of nitrogens with zero attached hydrogens (tertiary/aromatic N) is 3. The summed E-state index contributed by atoms with van der Waals surface area (Å²) in [5.41, 5.74) is 2.09. The Morgan fingerprint density at radius 1 is 1.03 bits per heavy atom. The number of methoxy groups -OCH3 is 1. The third kappa shape index (κ3) is 6.12. The number of carbonyl (C=O) groups is 2. The van der Waals surface area contributed by atoms with E-state index in [-0.39, 0.29) is 23.9 Å². The van der Waals surface area contributed by atoms with E-state index in [0.29, 0.717) is 23.8 Å². The van der Waals surface area contributed by atoms with Crippen molar-refractivity contribution in [3.8, 4) is 11.4 Å². The zero-order valence-corrected chi connectivity index (χ0v) is 19.8. The maximum absolute atomic E-state index is 12.9. The first-order chi connectivity index (χ1) is 15.7. The molecule has 0 radical (unpaired) electrons. The summed E-state index contributed by atoms with van der Waals surface area (Å²) in [6.07, 6.45) is 0. The molecular formula is C25H31N5O3. The Labute approximate surface area is 194 Å². The predicted molar refractivity (Wildman–Crippen MR) is 130 cm³/mol. The number of ether oxygens (including phenoxy) is 1. The van der Waals surface area contributed by atoms with Crippen molar-refractivity contribution in [1.29, 1.82) is 0 Å². The van der Waals surface area contributed by atoms with Gasteiger partial charge >= 0.3 is 6.03 Å². The Morgan fingerprint density at radius 2 is 1.76 bits per heavy atom. The van der Waals surface area contributed by atoms with Gasteiger partial charge in [-0.3, -0.25) is 4.79 Å². The molecule has 174 valence electrons. The molecule has 1 aromatic heterocycles. The first-order valence-electron chi connectivity index (χ1n) is 10.9. The van der Waals surface area contributed by atoms with Crippen molar-refractivity contribution in [1.82, 2.24) is 14.7 Å². The lowest BCUT2D eigenvalue weighted by molar-refractivity contribution is -0.116. The van der Waals surface area contributed by atoms with E-state index in [2.05, 4.69) is 31.4 Å². The van der Waals surface area contributed by atoms with Crippen LogP contribution in [0.25, 0.3) is 5.69 Å². The van der Waals surface area contributed by atoms with Gasteiger partial charge in [-0.05, 0) is 31.2 Å². The average molecular weight is 450 g/mol. The van der Waals surface area contributed by atoms with Crippen LogP contribution in [0.1, 0.15) is 33.4 Å². The first-order valence-corrected chi connectivity index (χ1v) is 10.9. The fraction of sp³-hybridized carbons (Fsp3) is 0.320. The van der Waals surface area contributed by atoms with Crippen LogP contribution in [0, 0.1) is 0 Å². The van der Waals surface area contributed by atoms with E-state index in [9.17, 15) is 9.59 Å². The maximum Gasteiger partial charge on any atom is 0.322 e. The Morgan fingerprint density at radius 3 is 2.39 bits per heavy atom. The van der Waals surface area contributed by atoms with Crippen LogP contribution in [0.4, 0.5) is 16.3 Å². The zero-order chi connectivity index (χ0) is 24.0. The Bertz CT molecular complexity index is 1100. The number of likely N-dealkylation sites (N-methyl/N-ethyl adjacent to an activating group) is 1. The number of benzene rings is 2. The van der Waals surface area contributed by atoms with Crippen LogP contribution in [-0.2, 0) is 10.2 Å². The van der Waals surface area contributed by atoms with E-state index < -0.39 is 0 Å². The van der Waals surface area contributed by atoms with Crippen LogP contribution in [0.5, 0.6) is 5.75 Å². The Balaban J connectivity index is 1.74. The molecule has 1 heterocycles. The molecule has 2 aromatic carbocycles. The molecule has 2 N–H and O–H groups in total. The molecule has 0 bridgehead atoms. The van der Waals surface area contributed by atoms with Crippen molar-refractivity contribution >= 4 is 23.4 Å². The van der Waals surface area contributed by atoms with Crippen LogP contribution in [0.2, 0.25) is 0 Å². The number of hydrogen-bond acceptors (Lipinski definition) is 4. The monoisotopic (exact) mass is 449 g/mol. The molecule has 0 saturated carbocycles. The minimum atomic E-state index is -0.368. The lowest BCUT2D eigenvalue weighted by Gasteiger charge is -2.21. The molecule has 0 saturated heterocycles. The molecule has 0 spiro atoms. The molecule has 8 nitrogen and oxygen atoms in total. The quantitative estimate of drug-likeness (QED) is 0.549. The average Bonchev–Trinajstić information content (AvgIpc) is 3.22. The molecule has 0 atom stereocenters. The van der Waals surface area contributed by atoms with Gasteiger partial charge in [-0.1, -0.05) is 45.0 Å². The summed E-state index contributed by atoms with van der Waals surface area (Å²) in [7, 11) is 1.56. The largest absolute Gasteiger partial charge is 0.497 e. The molecule has 0 unspecified atom stereocenters. The third-order valence-corrected chi connectivity index (χ3v) is 5.07. The maximum atomic E-state index is 12.9. The highest BCUT2D eigenvalue weighted by atomic mass is 16.5. The molecule has 0 fully saturated rings. The van der Waals surface area contributed by atoms with Gasteiger partial charge in [0.25, 0.3) is 0 Å². The summed E-state index contributed by atoms with van der Waals surface area (Å²) in [6.45, 7) is 8.30. The van der Waals surface area contributed by atoms with E-state index >= 15 is 0 Å². The smallest absolute Gasteiger partial charge is 0.322 e. The summed E-state index contributed by atoms with van der Waals surface area (Å²) in [5.74, 6) is 0.882. The van der Waals surface area contributed by atoms with E-state index in [1.165, 1.54) is 4.90 Å². The topological polar surface area (TPSA) is 88.5 Å². The Hall–Kier alpha value is -3.81. The van der Waals surface area contributed by atoms with Gasteiger partial charge in [-0.15, -0.1) is 0 Å². The van der Waals surface area contributed by atoms with Crippen LogP contribution < -0.4 is 15.4 Å². The summed E-state index contributed by atoms with van der Waals surface area (Å²) >= 11 is 0. The van der Waals surface area contributed by atoms with Gasteiger partial charge in [0, 0.05) is 29.8 Å². The van der Waals surface area contributed by atoms with Crippen molar-refractivity contribution in [2.24, 2.45) is 0 Å². The van der Waals surface area contributed by atoms with Gasteiger partial charge in [0.05, 0.1) is 18.5 Å². The molecule has 0 aliphatic carbocycles. The second-order valence-electron chi connectivity index (χ2n) is 8.64. The van der Waals surface area contributed by atoms with Gasteiger partial charge in [0.1, 0.15) is 18.1 Å². The molecule has 8 heteroatoms. The molecule has 3 amide bonds. The highest BCUT2D eigenvalue weighted by Crippen LogP contribution is 2.26. The predicted octanol–water partition coefficient (Wildman–Crippen LogP) is 4.67. The van der Waals surface area contributed by atoms with Gasteiger partial charge < -0.3 is 20.3 Å². The number of para-hydroxylation sites is 1. The summed E-state index contributed by atoms with van der Waals surface area (Å²) in [6, 6.07) is 18.2. The SMILES string of the molecule is CCN(CC(=O)Nc1cc(C(C)(C)C)nn1-c1ccccc1)C(=O)Nc1cccc(OC)c1. The van der Waals surface area contributed by atoms with Crippen LogP contribution >= 0.6 is 0 Å². The van der Waals surface area contributed by atoms with E-state index in [1.807, 2.05) is 43.3 Å². The lowest BCUT2D eigenvalue weighted by atomic mass is 9.92. The lowest BCUT2D eigenvalue weighted by Crippen LogP contribution is -2.40. The normalized spacial score (nSPS) is 11.1. The number of hydrogen-bond donors (Lipinski definition) is 2. The van der Waals surface area contributed by atoms with Gasteiger partial charge in [0.15, 0.2) is 0 Å². The number of anilines is 2. The van der Waals surface area contributed by atoms with Crippen molar-refractivity contribution in [3.63, 3.8) is 0 Å². The minimum Gasteiger partial charge on any atom is -0.497 e. The van der Waals surface area contributed by atoms with Gasteiger partial charge in [-0.2, -0.15) is 5.10 Å². The fourth-order valence-corrected chi connectivity index (χ4v) is 3.19. The molecule has 33 heavy (non-hydrogen) atoms. The van der Waals surface area contributed by atoms with E-state index in [0.717, 1.165) is 11.4 Å². The molecular weight excluding hydrogens is 418 g/mol. The standard InChI is InChI=1S/C25H31N5O3/c1-6-29(24(32)26-18-11-10-14-20(15-18)33-5)17-23(31)27-22-16-21(25(2,3)4)28-30(22)19-12-8-7-9-13-19/h7-16H,6,17H2,1-5H3,(H,26,32)(H,27,31). The van der Waals surface area contributed by atoms with E-state index in [1.54, 1.807) is 36.1 Å². The highest BCUT2D eigenvalue weighted by molar-refractivity contribution is 5.96. The fourth-order valence-electron chi connectivity index (χ4n) is 3.19. The van der Waals surface area contributed by atoms with Crippen molar-refractivity contribution < 1.29 is 14.3 Å². The van der Waals surface area contributed by atoms with Crippen molar-refractivity contribution in [2.75, 3.05) is 30.8 Å². The summed E-state index contributed by atoms with van der Waals surface area (Å²) in [4.78, 5) is 27.1. The zero-order valence-electron chi connectivity index (χ0n) is 19.8. The van der Waals surface area contributed by atoms with Crippen LogP contribution in [0.15, 0.2) is 60.7 Å². The van der Waals surface area contributed by atoms with E-state index in [4.69, 9.17) is 9.84 Å². The molecule has 0 aliphatic heterocycles. The first kappa shape index (κ1) is 23.8. The number of rotatable bonds is 7. The highest BCUT2D eigenvalue weighted by Gasteiger charge is 2.22. The second kappa shape index (κ2) is 10.2. The number of carbonyl (C=O) groups excluding carboxylic acids is 2. The van der Waals surface area contributed by atoms with Gasteiger partial charge in [-0.25, -0.2) is 9.48 Å². The number of aromatic nitrogens is 2. The summed E-state index contributed by atoms with van der Waals surface area (Å²) < 4.78 is 6.90. The van der Waals surface area contributed by atoms with Crippen molar-refractivity contribution in [3.05, 3.63) is 66.4 Å². The number of urea groups is 1. The molecule has 3 rings (SSSR count). The third-order valence-electron chi connectivity index (χ3n) is 5.07. The van der Waals surface area contributed by atoms with Crippen LogP contribution in [-0.4, -0.2) is 46.8 Å². The summed E-state index contributed by atoms with van der Waals surface area (Å²) in [5, 5.41) is 10.4. The number of amides is 3. The van der Waals surface area contributed by atoms with Crippen molar-refractivity contribution in [2.45, 2.75) is 33.1 Å². The minimum absolute atomic E-state index is 0.100. The van der Waals surface area contributed by atoms with Crippen LogP contribution in [0.3, 0.4) is 0 Å². The Kier molecular flexibility index (Phi) is 7.37. The molecule has 3 aromatic rings. The number of nitrogens with one attached hydrogen (secondary N) is 2. The van der Waals surface area contributed by atoms with Gasteiger partial charge in [0.2, 0.25) is 5.91 Å². The molecule has 0 aliphatic rings. The second-order valence-corrected chi connectivity index (χ2v) is 8.64.